The number of esters is 1. The van der Waals surface area contributed by atoms with E-state index in [2.05, 4.69) is 9.72 Å². The van der Waals surface area contributed by atoms with Gasteiger partial charge in [-0.15, -0.1) is 0 Å². The van der Waals surface area contributed by atoms with Gasteiger partial charge in [-0.2, -0.15) is 0 Å². The number of hydrogen-bond acceptors (Lipinski definition) is 5. The van der Waals surface area contributed by atoms with Gasteiger partial charge in [-0.05, 0) is 19.1 Å². The second kappa shape index (κ2) is 7.33. The molecular formula is C13H13BrClN3O3. The van der Waals surface area contributed by atoms with E-state index in [0.717, 1.165) is 0 Å². The number of aromatic nitrogens is 2. The van der Waals surface area contributed by atoms with Gasteiger partial charge in [-0.25, -0.2) is 14.3 Å². The highest BCUT2D eigenvalue weighted by Crippen LogP contribution is 2.16. The maximum atomic E-state index is 11.8. The molecule has 1 aromatic heterocycles. The number of nitrogen functional groups attached to an aromatic ring is 1. The fourth-order valence-electron chi connectivity index (χ4n) is 1.78. The number of Topliss-reactive ketones (excluding diaryl/α,β-unsaturated/α-hetero) is 1. The molecule has 0 amide bonds. The van der Waals surface area contributed by atoms with Crippen LogP contribution in [-0.4, -0.2) is 23.3 Å². The molecule has 0 unspecified atom stereocenters. The van der Waals surface area contributed by atoms with E-state index >= 15 is 0 Å². The zero-order chi connectivity index (χ0) is 14.7. The second-order valence-corrected chi connectivity index (χ2v) is 4.36. The molecule has 112 valence electrons. The van der Waals surface area contributed by atoms with Crippen LogP contribution in [0.2, 0.25) is 5.15 Å². The predicted molar refractivity (Wildman–Crippen MR) is 73.0 cm³/mol. The fourth-order valence-corrected chi connectivity index (χ4v) is 1.97. The minimum atomic E-state index is -0.892. The van der Waals surface area contributed by atoms with Crippen LogP contribution in [0.4, 0.5) is 5.82 Å². The maximum absolute atomic E-state index is 11.8. The van der Waals surface area contributed by atoms with Crippen LogP contribution in [0.3, 0.4) is 0 Å². The lowest BCUT2D eigenvalue weighted by Gasteiger charge is -2.07. The molecular weight excluding hydrogens is 362 g/mol. The molecule has 0 saturated carbocycles. The van der Waals surface area contributed by atoms with Gasteiger partial charge in [0, 0.05) is 0 Å². The first kappa shape index (κ1) is 17.3. The molecule has 0 aliphatic heterocycles. The summed E-state index contributed by atoms with van der Waals surface area (Å²) in [5.74, 6) is -1.46. The van der Waals surface area contributed by atoms with Crippen LogP contribution < -0.4 is 27.3 Å². The second-order valence-electron chi connectivity index (χ2n) is 4.01. The van der Waals surface area contributed by atoms with Gasteiger partial charge in [0.05, 0.1) is 6.61 Å². The summed E-state index contributed by atoms with van der Waals surface area (Å²) < 4.78 is 6.12. The molecule has 0 bridgehead atoms. The van der Waals surface area contributed by atoms with Gasteiger partial charge in [0.1, 0.15) is 5.52 Å². The predicted octanol–water partition coefficient (Wildman–Crippen LogP) is -2.11. The smallest absolute Gasteiger partial charge is 0.378 e. The molecule has 0 saturated heterocycles. The average molecular weight is 375 g/mol. The highest BCUT2D eigenvalue weighted by molar-refractivity contribution is 6.33. The number of para-hydroxylation sites is 2. The third kappa shape index (κ3) is 3.68. The topological polar surface area (TPSA) is 86.2 Å². The first-order valence-corrected chi connectivity index (χ1v) is 6.36. The van der Waals surface area contributed by atoms with E-state index in [1.165, 1.54) is 4.57 Å². The highest BCUT2D eigenvalue weighted by Gasteiger charge is 2.23. The van der Waals surface area contributed by atoms with Crippen LogP contribution in [0.15, 0.2) is 24.3 Å². The van der Waals surface area contributed by atoms with Crippen LogP contribution in [0.5, 0.6) is 0 Å². The molecule has 1 aromatic carbocycles. The van der Waals surface area contributed by atoms with E-state index in [4.69, 9.17) is 17.3 Å². The molecule has 21 heavy (non-hydrogen) atoms. The molecule has 8 heteroatoms. The van der Waals surface area contributed by atoms with Crippen molar-refractivity contribution < 1.29 is 35.9 Å². The van der Waals surface area contributed by atoms with E-state index in [0.29, 0.717) is 11.0 Å². The number of hydrogen-bond donors (Lipinski definition) is 1. The van der Waals surface area contributed by atoms with Crippen molar-refractivity contribution in [1.82, 2.24) is 4.98 Å². The standard InChI is InChI=1S/C13H12ClN3O3.BrH/c1-2-20-13(19)10(18)7-17-9-6-4-3-5-8(9)16-11(14)12(17)15;/h3-6,15H,2,7H2,1H3;1H. The Morgan fingerprint density at radius 3 is 2.71 bits per heavy atom. The van der Waals surface area contributed by atoms with Gasteiger partial charge in [0.2, 0.25) is 5.15 Å². The number of nitrogens with two attached hydrogens (primary N) is 1. The summed E-state index contributed by atoms with van der Waals surface area (Å²) in [5, 5.41) is 0.0837. The summed E-state index contributed by atoms with van der Waals surface area (Å²) >= 11 is 5.93. The van der Waals surface area contributed by atoms with Crippen molar-refractivity contribution in [3.8, 4) is 0 Å². The SMILES string of the molecule is CCOC(=O)C(=O)C[n+]1c(N)c(Cl)nc2ccccc21.[Br-]. The van der Waals surface area contributed by atoms with E-state index in [1.54, 1.807) is 31.2 Å². The third-order valence-electron chi connectivity index (χ3n) is 2.70. The molecule has 0 radical (unpaired) electrons. The Kier molecular flexibility index (Phi) is 6.04. The van der Waals surface area contributed by atoms with Crippen molar-refractivity contribution in [3.05, 3.63) is 29.4 Å². The fraction of sp³-hybridized carbons (Fsp3) is 0.231. The third-order valence-corrected chi connectivity index (χ3v) is 2.98. The van der Waals surface area contributed by atoms with Gasteiger partial charge < -0.3 is 21.7 Å². The molecule has 2 rings (SSSR count). The minimum absolute atomic E-state index is 0. The monoisotopic (exact) mass is 373 g/mol. The van der Waals surface area contributed by atoms with Crippen LogP contribution in [-0.2, 0) is 20.9 Å². The molecule has 1 heterocycles. The molecule has 2 aromatic rings. The number of carbonyl (C=O) groups excluding carboxylic acids is 2. The summed E-state index contributed by atoms with van der Waals surface area (Å²) in [6.07, 6.45) is 0. The molecule has 0 fully saturated rings. The molecule has 0 spiro atoms. The minimum Gasteiger partial charge on any atom is -1.00 e. The Morgan fingerprint density at radius 2 is 2.05 bits per heavy atom. The number of ether oxygens (including phenoxy) is 1. The Balaban J connectivity index is 0.00000220. The Labute approximate surface area is 136 Å². The lowest BCUT2D eigenvalue weighted by molar-refractivity contribution is -0.643. The number of halogens is 2. The number of rotatable bonds is 4. The molecule has 0 aliphatic carbocycles. The first-order valence-electron chi connectivity index (χ1n) is 5.98. The van der Waals surface area contributed by atoms with Gasteiger partial charge in [0.15, 0.2) is 12.1 Å². The highest BCUT2D eigenvalue weighted by atomic mass is 79.9. The van der Waals surface area contributed by atoms with Crippen molar-refractivity contribution in [2.75, 3.05) is 12.3 Å². The van der Waals surface area contributed by atoms with E-state index in [1.807, 2.05) is 0 Å². The Bertz CT molecular complexity index is 694. The average Bonchev–Trinajstić information content (AvgIpc) is 2.43. The van der Waals surface area contributed by atoms with Crippen molar-refractivity contribution in [2.45, 2.75) is 13.5 Å². The normalized spacial score (nSPS) is 10.0. The Morgan fingerprint density at radius 1 is 1.38 bits per heavy atom. The van der Waals surface area contributed by atoms with Crippen molar-refractivity contribution >= 4 is 40.2 Å². The lowest BCUT2D eigenvalue weighted by atomic mass is 10.2. The first-order chi connectivity index (χ1) is 9.54. The summed E-state index contributed by atoms with van der Waals surface area (Å²) in [7, 11) is 0. The largest absolute Gasteiger partial charge is 1.00 e. The zero-order valence-corrected chi connectivity index (χ0v) is 13.5. The Hall–Kier alpha value is -1.73. The van der Waals surface area contributed by atoms with Gasteiger partial charge >= 0.3 is 11.8 Å². The molecule has 0 atom stereocenters. The summed E-state index contributed by atoms with van der Waals surface area (Å²) in [5.41, 5.74) is 7.04. The van der Waals surface area contributed by atoms with Crippen LogP contribution in [0.1, 0.15) is 6.92 Å². The quantitative estimate of drug-likeness (QED) is 0.376. The number of anilines is 1. The molecule has 2 N–H and O–H groups in total. The summed E-state index contributed by atoms with van der Waals surface area (Å²) in [6, 6.07) is 7.06. The maximum Gasteiger partial charge on any atom is 0.378 e. The number of fused-ring (bicyclic) bond motifs is 1. The van der Waals surface area contributed by atoms with Gasteiger partial charge in [-0.1, -0.05) is 23.7 Å². The zero-order valence-electron chi connectivity index (χ0n) is 11.2. The summed E-state index contributed by atoms with van der Waals surface area (Å²) in [4.78, 5) is 27.3. The van der Waals surface area contributed by atoms with Gasteiger partial charge in [0.25, 0.3) is 5.78 Å². The molecule has 6 nitrogen and oxygen atoms in total. The number of nitrogens with zero attached hydrogens (tertiary/aromatic N) is 2. The van der Waals surface area contributed by atoms with E-state index in [9.17, 15) is 9.59 Å². The van der Waals surface area contributed by atoms with Crippen molar-refractivity contribution in [2.24, 2.45) is 0 Å². The van der Waals surface area contributed by atoms with E-state index < -0.39 is 11.8 Å². The van der Waals surface area contributed by atoms with Crippen molar-refractivity contribution in [3.63, 3.8) is 0 Å². The lowest BCUT2D eigenvalue weighted by Crippen LogP contribution is -3.00. The van der Waals surface area contributed by atoms with Crippen LogP contribution in [0.25, 0.3) is 11.0 Å². The number of ketones is 1. The van der Waals surface area contributed by atoms with E-state index in [-0.39, 0.29) is 41.1 Å². The van der Waals surface area contributed by atoms with Crippen molar-refractivity contribution in [1.29, 1.82) is 0 Å². The molecule has 0 aliphatic rings. The van der Waals surface area contributed by atoms with Crippen LogP contribution >= 0.6 is 11.6 Å². The van der Waals surface area contributed by atoms with Crippen LogP contribution in [0, 0.1) is 0 Å². The number of carbonyl (C=O) groups is 2. The van der Waals surface area contributed by atoms with Gasteiger partial charge in [-0.3, -0.25) is 10.5 Å². The summed E-state index contributed by atoms with van der Waals surface area (Å²) in [6.45, 7) is 1.53. The number of benzene rings is 1.